The van der Waals surface area contributed by atoms with Crippen LogP contribution in [-0.4, -0.2) is 25.5 Å². The number of ether oxygens (including phenoxy) is 1. The van der Waals surface area contributed by atoms with Crippen LogP contribution < -0.4 is 5.32 Å². The van der Waals surface area contributed by atoms with Gasteiger partial charge in [0.25, 0.3) is 6.47 Å². The second-order valence-electron chi connectivity index (χ2n) is 4.40. The van der Waals surface area contributed by atoms with Gasteiger partial charge in [-0.1, -0.05) is 6.92 Å². The first kappa shape index (κ1) is 13.2. The zero-order valence-electron chi connectivity index (χ0n) is 9.91. The van der Waals surface area contributed by atoms with E-state index in [9.17, 15) is 9.59 Å². The Hall–Kier alpha value is -0.900. The first-order chi connectivity index (χ1) is 7.77. The Morgan fingerprint density at radius 1 is 1.38 bits per heavy atom. The largest absolute Gasteiger partial charge is 0.452 e. The van der Waals surface area contributed by atoms with Crippen LogP contribution in [0.3, 0.4) is 0 Å². The molecular weight excluding hydrogens is 206 g/mol. The molecule has 0 amide bonds. The third-order valence-electron chi connectivity index (χ3n) is 3.34. The van der Waals surface area contributed by atoms with E-state index in [4.69, 9.17) is 0 Å². The van der Waals surface area contributed by atoms with E-state index in [-0.39, 0.29) is 6.73 Å². The fourth-order valence-electron chi connectivity index (χ4n) is 2.33. The maximum absolute atomic E-state index is 11.5. The number of carbonyl (C=O) groups excluding carboxylic acids is 2. The molecule has 16 heavy (non-hydrogen) atoms. The molecule has 92 valence electrons. The minimum atomic E-state index is 0.289. The summed E-state index contributed by atoms with van der Waals surface area (Å²) in [6.07, 6.45) is 4.91. The van der Waals surface area contributed by atoms with Gasteiger partial charge in [-0.2, -0.15) is 0 Å². The Balaban J connectivity index is 2.12. The number of ketones is 1. The lowest BCUT2D eigenvalue weighted by Crippen LogP contribution is -2.29. The summed E-state index contributed by atoms with van der Waals surface area (Å²) in [6.45, 7) is 3.55. The van der Waals surface area contributed by atoms with Gasteiger partial charge < -0.3 is 4.74 Å². The van der Waals surface area contributed by atoms with Crippen LogP contribution in [0, 0.1) is 11.8 Å². The van der Waals surface area contributed by atoms with Crippen molar-refractivity contribution in [2.45, 2.75) is 39.0 Å². The van der Waals surface area contributed by atoms with Crippen molar-refractivity contribution in [1.82, 2.24) is 5.32 Å². The van der Waals surface area contributed by atoms with Gasteiger partial charge in [0.15, 0.2) is 0 Å². The first-order valence-electron chi connectivity index (χ1n) is 6.06. The Morgan fingerprint density at radius 3 is 2.62 bits per heavy atom. The van der Waals surface area contributed by atoms with Gasteiger partial charge in [0.1, 0.15) is 12.5 Å². The first-order valence-corrected chi connectivity index (χ1v) is 6.06. The van der Waals surface area contributed by atoms with Crippen LogP contribution in [0.4, 0.5) is 0 Å². The minimum absolute atomic E-state index is 0.289. The van der Waals surface area contributed by atoms with Gasteiger partial charge in [-0.15, -0.1) is 0 Å². The maximum atomic E-state index is 11.5. The number of rotatable bonds is 7. The van der Waals surface area contributed by atoms with Gasteiger partial charge in [-0.3, -0.25) is 14.9 Å². The third kappa shape index (κ3) is 4.31. The lowest BCUT2D eigenvalue weighted by molar-refractivity contribution is -0.129. The molecule has 0 atom stereocenters. The number of hydrogen-bond acceptors (Lipinski definition) is 4. The summed E-state index contributed by atoms with van der Waals surface area (Å²) in [6, 6.07) is 0. The SMILES string of the molecule is CCC(=O)C1CCC(CNCOC=O)CC1. The summed E-state index contributed by atoms with van der Waals surface area (Å²) < 4.78 is 4.56. The lowest BCUT2D eigenvalue weighted by atomic mass is 9.79. The minimum Gasteiger partial charge on any atom is -0.452 e. The van der Waals surface area contributed by atoms with Crippen LogP contribution in [0.2, 0.25) is 0 Å². The van der Waals surface area contributed by atoms with E-state index in [1.54, 1.807) is 0 Å². The molecule has 0 aliphatic heterocycles. The van der Waals surface area contributed by atoms with E-state index in [0.29, 0.717) is 30.5 Å². The van der Waals surface area contributed by atoms with Crippen LogP contribution >= 0.6 is 0 Å². The van der Waals surface area contributed by atoms with Crippen LogP contribution in [-0.2, 0) is 14.3 Å². The molecule has 1 saturated carbocycles. The molecule has 0 saturated heterocycles. The molecule has 1 rings (SSSR count). The van der Waals surface area contributed by atoms with Crippen molar-refractivity contribution in [3.8, 4) is 0 Å². The molecule has 0 aromatic carbocycles. The van der Waals surface area contributed by atoms with E-state index < -0.39 is 0 Å². The van der Waals surface area contributed by atoms with Gasteiger partial charge in [-0.05, 0) is 31.6 Å². The smallest absolute Gasteiger partial charge is 0.294 e. The van der Waals surface area contributed by atoms with Gasteiger partial charge in [0.05, 0.1) is 0 Å². The van der Waals surface area contributed by atoms with Crippen molar-refractivity contribution in [1.29, 1.82) is 0 Å². The summed E-state index contributed by atoms with van der Waals surface area (Å²) in [5.74, 6) is 1.33. The summed E-state index contributed by atoms with van der Waals surface area (Å²) in [5, 5.41) is 3.08. The number of nitrogens with one attached hydrogen (secondary N) is 1. The van der Waals surface area contributed by atoms with Crippen LogP contribution in [0.1, 0.15) is 39.0 Å². The summed E-state index contributed by atoms with van der Waals surface area (Å²) in [7, 11) is 0. The normalized spacial score (nSPS) is 25.1. The molecule has 1 N–H and O–H groups in total. The van der Waals surface area contributed by atoms with Gasteiger partial charge in [-0.25, -0.2) is 0 Å². The second kappa shape index (κ2) is 7.39. The average molecular weight is 227 g/mol. The average Bonchev–Trinajstić information content (AvgIpc) is 2.34. The fourth-order valence-corrected chi connectivity index (χ4v) is 2.33. The molecule has 0 aromatic heterocycles. The third-order valence-corrected chi connectivity index (χ3v) is 3.34. The fraction of sp³-hybridized carbons (Fsp3) is 0.833. The van der Waals surface area contributed by atoms with Crippen LogP contribution in [0.15, 0.2) is 0 Å². The molecule has 0 bridgehead atoms. The quantitative estimate of drug-likeness (QED) is 0.407. The van der Waals surface area contributed by atoms with Crippen molar-refractivity contribution in [3.63, 3.8) is 0 Å². The second-order valence-corrected chi connectivity index (χ2v) is 4.40. The van der Waals surface area contributed by atoms with Crippen molar-refractivity contribution in [3.05, 3.63) is 0 Å². The van der Waals surface area contributed by atoms with E-state index in [2.05, 4.69) is 10.1 Å². The van der Waals surface area contributed by atoms with Crippen molar-refractivity contribution >= 4 is 12.3 Å². The monoisotopic (exact) mass is 227 g/mol. The molecule has 0 unspecified atom stereocenters. The molecule has 0 heterocycles. The number of carbonyl (C=O) groups is 2. The predicted molar refractivity (Wildman–Crippen MR) is 60.8 cm³/mol. The zero-order chi connectivity index (χ0) is 11.8. The molecule has 0 aromatic rings. The Labute approximate surface area is 96.7 Å². The van der Waals surface area contributed by atoms with Crippen LogP contribution in [0.25, 0.3) is 0 Å². The van der Waals surface area contributed by atoms with E-state index in [1.165, 1.54) is 0 Å². The molecular formula is C12H21NO3. The molecule has 1 aliphatic carbocycles. The molecule has 1 aliphatic rings. The molecule has 1 fully saturated rings. The standard InChI is InChI=1S/C12H21NO3/c1-2-12(15)11-5-3-10(4-6-11)7-13-8-16-9-14/h9-11,13H,2-8H2,1H3. The van der Waals surface area contributed by atoms with Gasteiger partial charge >= 0.3 is 0 Å². The Kier molecular flexibility index (Phi) is 6.08. The highest BCUT2D eigenvalue weighted by molar-refractivity contribution is 5.80. The topological polar surface area (TPSA) is 55.4 Å². The Morgan fingerprint density at radius 2 is 2.06 bits per heavy atom. The summed E-state index contributed by atoms with van der Waals surface area (Å²) in [5.41, 5.74) is 0. The number of hydrogen-bond donors (Lipinski definition) is 1. The number of Topliss-reactive ketones (excluding diaryl/α,β-unsaturated/α-hetero) is 1. The van der Waals surface area contributed by atoms with Crippen molar-refractivity contribution < 1.29 is 14.3 Å². The molecule has 0 radical (unpaired) electrons. The highest BCUT2D eigenvalue weighted by Crippen LogP contribution is 2.29. The van der Waals surface area contributed by atoms with Crippen molar-refractivity contribution in [2.24, 2.45) is 11.8 Å². The van der Waals surface area contributed by atoms with Crippen molar-refractivity contribution in [2.75, 3.05) is 13.3 Å². The van der Waals surface area contributed by atoms with Gasteiger partial charge in [0, 0.05) is 18.9 Å². The molecule has 4 nitrogen and oxygen atoms in total. The van der Waals surface area contributed by atoms with Crippen LogP contribution in [0.5, 0.6) is 0 Å². The summed E-state index contributed by atoms with van der Waals surface area (Å²) >= 11 is 0. The highest BCUT2D eigenvalue weighted by Gasteiger charge is 2.24. The lowest BCUT2D eigenvalue weighted by Gasteiger charge is -2.27. The maximum Gasteiger partial charge on any atom is 0.294 e. The van der Waals surface area contributed by atoms with E-state index >= 15 is 0 Å². The van der Waals surface area contributed by atoms with E-state index in [1.807, 2.05) is 6.92 Å². The zero-order valence-corrected chi connectivity index (χ0v) is 9.91. The predicted octanol–water partition coefficient (Wildman–Crippen LogP) is 1.49. The summed E-state index contributed by atoms with van der Waals surface area (Å²) in [4.78, 5) is 21.4. The van der Waals surface area contributed by atoms with E-state index in [0.717, 1.165) is 32.2 Å². The Bertz CT molecular complexity index is 222. The molecule has 0 spiro atoms. The highest BCUT2D eigenvalue weighted by atomic mass is 16.5. The van der Waals surface area contributed by atoms with Gasteiger partial charge in [0.2, 0.25) is 0 Å². The molecule has 4 heteroatoms.